The third-order valence-corrected chi connectivity index (χ3v) is 5.47. The lowest BCUT2D eigenvalue weighted by molar-refractivity contribution is -0.425. The molecule has 0 bridgehead atoms. The predicted molar refractivity (Wildman–Crippen MR) is 119 cm³/mol. The van der Waals surface area contributed by atoms with Crippen molar-refractivity contribution in [2.75, 3.05) is 39.3 Å². The molecule has 0 radical (unpaired) electrons. The molecule has 5 nitrogen and oxygen atoms in total. The molecule has 0 aromatic heterocycles. The first-order valence-electron chi connectivity index (χ1n) is 10.2. The molecule has 3 rings (SSSR count). The van der Waals surface area contributed by atoms with Gasteiger partial charge in [0.05, 0.1) is 21.3 Å². The highest BCUT2D eigenvalue weighted by molar-refractivity contribution is 5.86. The second-order valence-corrected chi connectivity index (χ2v) is 7.98. The van der Waals surface area contributed by atoms with Crippen molar-refractivity contribution in [1.29, 1.82) is 0 Å². The van der Waals surface area contributed by atoms with Crippen molar-refractivity contribution in [3.05, 3.63) is 41.5 Å². The summed E-state index contributed by atoms with van der Waals surface area (Å²) in [6.45, 7) is 10.8. The standard InChI is InChI=1S/C24H33N2O3/c1-16(2)19-9-8-10-20(17(3)4)23(19)25-11-12-26(15-25)24-21(28-6)13-18(27-5)14-22(24)29-7/h8-10,13-17H,11-12H2,1-7H3/q+1. The van der Waals surface area contributed by atoms with Gasteiger partial charge in [-0.05, 0) is 11.8 Å². The van der Waals surface area contributed by atoms with Gasteiger partial charge in [-0.3, -0.25) is 0 Å². The SMILES string of the molecule is COc1cc(OC)c(N2C=[N+](c3c(C(C)C)cccc3C(C)C)CC2)c(OC)c1. The van der Waals surface area contributed by atoms with Crippen molar-refractivity contribution < 1.29 is 18.8 Å². The van der Waals surface area contributed by atoms with Crippen LogP contribution in [0.5, 0.6) is 17.2 Å². The van der Waals surface area contributed by atoms with Gasteiger partial charge in [0.25, 0.3) is 0 Å². The number of rotatable bonds is 7. The fraction of sp³-hybridized carbons (Fsp3) is 0.458. The largest absolute Gasteiger partial charge is 0.496 e. The van der Waals surface area contributed by atoms with Crippen LogP contribution in [0.2, 0.25) is 0 Å². The lowest BCUT2D eigenvalue weighted by Crippen LogP contribution is -2.20. The van der Waals surface area contributed by atoms with E-state index in [0.29, 0.717) is 17.6 Å². The first-order chi connectivity index (χ1) is 13.9. The number of hydrogen-bond donors (Lipinski definition) is 0. The van der Waals surface area contributed by atoms with E-state index >= 15 is 0 Å². The Morgan fingerprint density at radius 2 is 1.41 bits per heavy atom. The minimum atomic E-state index is 0.455. The van der Waals surface area contributed by atoms with Gasteiger partial charge in [-0.15, -0.1) is 0 Å². The van der Waals surface area contributed by atoms with Gasteiger partial charge in [-0.2, -0.15) is 0 Å². The normalized spacial score (nSPS) is 13.8. The van der Waals surface area contributed by atoms with E-state index in [0.717, 1.165) is 30.3 Å². The molecular formula is C24H33N2O3+. The van der Waals surface area contributed by atoms with Gasteiger partial charge < -0.3 is 14.2 Å². The van der Waals surface area contributed by atoms with E-state index in [4.69, 9.17) is 14.2 Å². The molecule has 0 amide bonds. The fourth-order valence-corrected chi connectivity index (χ4v) is 3.95. The summed E-state index contributed by atoms with van der Waals surface area (Å²) in [4.78, 5) is 2.21. The molecule has 0 saturated carbocycles. The molecule has 2 aromatic rings. The van der Waals surface area contributed by atoms with Crippen LogP contribution in [0.4, 0.5) is 11.4 Å². The molecule has 0 atom stereocenters. The van der Waals surface area contributed by atoms with Gasteiger partial charge in [0.15, 0.2) is 11.5 Å². The third kappa shape index (κ3) is 4.04. The van der Waals surface area contributed by atoms with Crippen molar-refractivity contribution in [2.45, 2.75) is 39.5 Å². The van der Waals surface area contributed by atoms with Crippen molar-refractivity contribution >= 4 is 17.7 Å². The highest BCUT2D eigenvalue weighted by atomic mass is 16.5. The number of nitrogens with zero attached hydrogens (tertiary/aromatic N) is 2. The highest BCUT2D eigenvalue weighted by Gasteiger charge is 2.32. The summed E-state index contributed by atoms with van der Waals surface area (Å²) in [5, 5.41) is 0. The molecule has 29 heavy (non-hydrogen) atoms. The summed E-state index contributed by atoms with van der Waals surface area (Å²) in [7, 11) is 5.00. The summed E-state index contributed by atoms with van der Waals surface area (Å²) in [6.07, 6.45) is 2.18. The smallest absolute Gasteiger partial charge is 0.245 e. The van der Waals surface area contributed by atoms with E-state index in [1.54, 1.807) is 21.3 Å². The van der Waals surface area contributed by atoms with Crippen LogP contribution in [0, 0.1) is 0 Å². The Labute approximate surface area is 174 Å². The summed E-state index contributed by atoms with van der Waals surface area (Å²) >= 11 is 0. The van der Waals surface area contributed by atoms with Crippen LogP contribution in [-0.2, 0) is 0 Å². The molecular weight excluding hydrogens is 364 g/mol. The maximum atomic E-state index is 5.67. The molecule has 1 aliphatic heterocycles. The quantitative estimate of drug-likeness (QED) is 0.605. The van der Waals surface area contributed by atoms with Crippen molar-refractivity contribution in [1.82, 2.24) is 0 Å². The first kappa shape index (κ1) is 21.0. The number of anilines is 1. The average molecular weight is 398 g/mol. The molecule has 0 N–H and O–H groups in total. The van der Waals surface area contributed by atoms with E-state index < -0.39 is 0 Å². The van der Waals surface area contributed by atoms with Gasteiger partial charge >= 0.3 is 0 Å². The van der Waals surface area contributed by atoms with E-state index in [9.17, 15) is 0 Å². The zero-order valence-corrected chi connectivity index (χ0v) is 18.7. The lowest BCUT2D eigenvalue weighted by atomic mass is 9.92. The lowest BCUT2D eigenvalue weighted by Gasteiger charge is -2.18. The third-order valence-electron chi connectivity index (χ3n) is 5.47. The van der Waals surface area contributed by atoms with E-state index in [-0.39, 0.29) is 0 Å². The molecule has 0 spiro atoms. The Bertz CT molecular complexity index is 852. The van der Waals surface area contributed by atoms with Crippen LogP contribution < -0.4 is 19.1 Å². The Balaban J connectivity index is 2.12. The predicted octanol–water partition coefficient (Wildman–Crippen LogP) is 5.15. The van der Waals surface area contributed by atoms with Crippen LogP contribution in [0.3, 0.4) is 0 Å². The number of hydrogen-bond acceptors (Lipinski definition) is 4. The number of benzene rings is 2. The van der Waals surface area contributed by atoms with Crippen LogP contribution in [0.25, 0.3) is 0 Å². The fourth-order valence-electron chi connectivity index (χ4n) is 3.95. The number of para-hydroxylation sites is 1. The first-order valence-corrected chi connectivity index (χ1v) is 10.2. The van der Waals surface area contributed by atoms with E-state index in [1.807, 2.05) is 12.1 Å². The van der Waals surface area contributed by atoms with Crippen molar-refractivity contribution in [3.63, 3.8) is 0 Å². The van der Waals surface area contributed by atoms with Crippen LogP contribution in [0.15, 0.2) is 30.3 Å². The average Bonchev–Trinajstić information content (AvgIpc) is 3.21. The molecule has 0 fully saturated rings. The maximum Gasteiger partial charge on any atom is 0.245 e. The second-order valence-electron chi connectivity index (χ2n) is 7.98. The summed E-state index contributed by atoms with van der Waals surface area (Å²) in [5.41, 5.74) is 5.00. The minimum absolute atomic E-state index is 0.455. The van der Waals surface area contributed by atoms with Crippen molar-refractivity contribution in [3.8, 4) is 17.2 Å². The topological polar surface area (TPSA) is 33.9 Å². The summed E-state index contributed by atoms with van der Waals surface area (Å²) in [6, 6.07) is 10.5. The molecule has 1 aliphatic rings. The van der Waals surface area contributed by atoms with Gasteiger partial charge in [-0.25, -0.2) is 9.48 Å². The van der Waals surface area contributed by atoms with Crippen LogP contribution in [0.1, 0.15) is 50.7 Å². The molecule has 1 heterocycles. The van der Waals surface area contributed by atoms with Gasteiger partial charge in [0, 0.05) is 23.3 Å². The van der Waals surface area contributed by atoms with Gasteiger partial charge in [0.1, 0.15) is 24.5 Å². The Kier molecular flexibility index (Phi) is 6.36. The molecule has 0 aliphatic carbocycles. The summed E-state index contributed by atoms with van der Waals surface area (Å²) in [5.74, 6) is 3.10. The van der Waals surface area contributed by atoms with E-state index in [2.05, 4.69) is 61.7 Å². The molecule has 2 aromatic carbocycles. The van der Waals surface area contributed by atoms with Gasteiger partial charge in [-0.1, -0.05) is 45.9 Å². The minimum Gasteiger partial charge on any atom is -0.496 e. The molecule has 156 valence electrons. The highest BCUT2D eigenvalue weighted by Crippen LogP contribution is 2.42. The molecule has 0 saturated heterocycles. The zero-order chi connectivity index (χ0) is 21.1. The Morgan fingerprint density at radius 3 is 1.86 bits per heavy atom. The van der Waals surface area contributed by atoms with Crippen molar-refractivity contribution in [2.24, 2.45) is 0 Å². The second kappa shape index (κ2) is 8.76. The Morgan fingerprint density at radius 1 is 0.862 bits per heavy atom. The molecule has 5 heteroatoms. The zero-order valence-electron chi connectivity index (χ0n) is 18.7. The molecule has 0 unspecified atom stereocenters. The monoisotopic (exact) mass is 397 g/mol. The van der Waals surface area contributed by atoms with E-state index in [1.165, 1.54) is 16.8 Å². The Hall–Kier alpha value is -2.69. The summed E-state index contributed by atoms with van der Waals surface area (Å²) < 4.78 is 19.1. The number of ether oxygens (including phenoxy) is 3. The van der Waals surface area contributed by atoms with Gasteiger partial charge in [0.2, 0.25) is 12.0 Å². The van der Waals surface area contributed by atoms with Crippen LogP contribution >= 0.6 is 0 Å². The maximum absolute atomic E-state index is 5.67. The number of methoxy groups -OCH3 is 3. The van der Waals surface area contributed by atoms with Crippen LogP contribution in [-0.4, -0.2) is 45.3 Å².